The molecule has 0 unspecified atom stereocenters. The zero-order valence-electron chi connectivity index (χ0n) is 15.3. The summed E-state index contributed by atoms with van der Waals surface area (Å²) in [5, 5.41) is 12.5. The number of amides is 1. The van der Waals surface area contributed by atoms with Crippen molar-refractivity contribution in [2.45, 2.75) is 19.4 Å². The van der Waals surface area contributed by atoms with Crippen LogP contribution in [-0.2, 0) is 16.2 Å². The van der Waals surface area contributed by atoms with E-state index in [1.165, 1.54) is 6.33 Å². The number of anilines is 1. The third kappa shape index (κ3) is 4.32. The minimum Gasteiger partial charge on any atom is -0.355 e. The van der Waals surface area contributed by atoms with Gasteiger partial charge in [-0.2, -0.15) is 5.10 Å². The van der Waals surface area contributed by atoms with Gasteiger partial charge in [0.15, 0.2) is 11.6 Å². The molecule has 0 saturated carbocycles. The molecule has 3 heterocycles. The highest BCUT2D eigenvalue weighted by Gasteiger charge is 2.26. The number of nitrogens with one attached hydrogen (secondary N) is 1. The van der Waals surface area contributed by atoms with Crippen molar-refractivity contribution in [3.8, 4) is 5.82 Å². The maximum atomic E-state index is 12.3. The number of benzene rings is 1. The first-order valence-corrected chi connectivity index (χ1v) is 9.19. The molecule has 0 radical (unpaired) electrons. The molecule has 1 N–H and O–H groups in total. The molecule has 4 rings (SSSR count). The van der Waals surface area contributed by atoms with E-state index in [1.807, 2.05) is 42.5 Å². The zero-order valence-corrected chi connectivity index (χ0v) is 15.3. The van der Waals surface area contributed by atoms with Crippen LogP contribution in [0.5, 0.6) is 0 Å². The molecule has 1 aliphatic rings. The van der Waals surface area contributed by atoms with E-state index in [0.29, 0.717) is 12.4 Å². The minimum absolute atomic E-state index is 0.0607. The van der Waals surface area contributed by atoms with Crippen LogP contribution in [0.1, 0.15) is 18.4 Å². The number of nitrogens with zero attached hydrogens (tertiary/aromatic N) is 6. The minimum atomic E-state index is -0.0665. The Morgan fingerprint density at radius 2 is 1.82 bits per heavy atom. The van der Waals surface area contributed by atoms with Crippen LogP contribution in [0.4, 0.5) is 5.82 Å². The van der Waals surface area contributed by atoms with Crippen molar-refractivity contribution in [2.24, 2.45) is 5.92 Å². The van der Waals surface area contributed by atoms with Crippen molar-refractivity contribution in [3.05, 3.63) is 60.7 Å². The lowest BCUT2D eigenvalue weighted by atomic mass is 9.96. The van der Waals surface area contributed by atoms with Crippen LogP contribution in [0, 0.1) is 5.92 Å². The number of hydrogen-bond acceptors (Lipinski definition) is 7. The fourth-order valence-electron chi connectivity index (χ4n) is 3.15. The van der Waals surface area contributed by atoms with Gasteiger partial charge in [-0.25, -0.2) is 15.1 Å². The van der Waals surface area contributed by atoms with Gasteiger partial charge in [0.05, 0.1) is 6.61 Å². The van der Waals surface area contributed by atoms with Gasteiger partial charge in [-0.3, -0.25) is 9.63 Å². The number of hydrogen-bond donors (Lipinski definition) is 1. The standard InChI is InChI=1S/C19H21N7O2/c27-19(24-28-12-15-4-2-1-3-5-15)16-8-10-25(11-9-16)17-6-7-18(23-22-17)26-14-20-13-21-26/h1-7,13-14,16H,8-12H2,(H,24,27). The third-order valence-corrected chi connectivity index (χ3v) is 4.73. The molecule has 144 valence electrons. The summed E-state index contributed by atoms with van der Waals surface area (Å²) in [6.07, 6.45) is 4.52. The Morgan fingerprint density at radius 3 is 2.50 bits per heavy atom. The Bertz CT molecular complexity index is 876. The normalized spacial score (nSPS) is 14.8. The Kier molecular flexibility index (Phi) is 5.53. The second-order valence-corrected chi connectivity index (χ2v) is 6.59. The number of piperidine rings is 1. The average molecular weight is 379 g/mol. The number of rotatable bonds is 6. The molecule has 1 aromatic carbocycles. The van der Waals surface area contributed by atoms with E-state index >= 15 is 0 Å². The van der Waals surface area contributed by atoms with Gasteiger partial charge in [0.25, 0.3) is 0 Å². The quantitative estimate of drug-likeness (QED) is 0.649. The van der Waals surface area contributed by atoms with Crippen LogP contribution in [0.3, 0.4) is 0 Å². The molecule has 0 aliphatic carbocycles. The van der Waals surface area contributed by atoms with Crippen LogP contribution in [-0.4, -0.2) is 44.0 Å². The number of carbonyl (C=O) groups is 1. The first-order chi connectivity index (χ1) is 13.8. The summed E-state index contributed by atoms with van der Waals surface area (Å²) in [5.41, 5.74) is 3.60. The van der Waals surface area contributed by atoms with Crippen molar-refractivity contribution < 1.29 is 9.63 Å². The maximum absolute atomic E-state index is 12.3. The lowest BCUT2D eigenvalue weighted by Gasteiger charge is -2.31. The highest BCUT2D eigenvalue weighted by Crippen LogP contribution is 2.22. The zero-order chi connectivity index (χ0) is 19.2. The van der Waals surface area contributed by atoms with Gasteiger partial charge < -0.3 is 4.90 Å². The monoisotopic (exact) mass is 379 g/mol. The van der Waals surface area contributed by atoms with Crippen LogP contribution in [0.15, 0.2) is 55.1 Å². The second-order valence-electron chi connectivity index (χ2n) is 6.59. The summed E-state index contributed by atoms with van der Waals surface area (Å²) < 4.78 is 1.56. The lowest BCUT2D eigenvalue weighted by molar-refractivity contribution is -0.139. The molecular weight excluding hydrogens is 358 g/mol. The van der Waals surface area contributed by atoms with Gasteiger partial charge in [-0.1, -0.05) is 30.3 Å². The number of hydroxylamine groups is 1. The Labute approximate surface area is 162 Å². The van der Waals surface area contributed by atoms with E-state index in [2.05, 4.69) is 30.7 Å². The SMILES string of the molecule is O=C(NOCc1ccccc1)C1CCN(c2ccc(-n3cncn3)nn2)CC1. The van der Waals surface area contributed by atoms with Crippen molar-refractivity contribution in [3.63, 3.8) is 0 Å². The number of carbonyl (C=O) groups excluding carboxylic acids is 1. The topological polar surface area (TPSA) is 98.1 Å². The Balaban J connectivity index is 1.24. The highest BCUT2D eigenvalue weighted by molar-refractivity contribution is 5.77. The third-order valence-electron chi connectivity index (χ3n) is 4.73. The van der Waals surface area contributed by atoms with Gasteiger partial charge in [-0.05, 0) is 30.5 Å². The summed E-state index contributed by atoms with van der Waals surface area (Å²) in [5.74, 6) is 1.28. The molecule has 1 fully saturated rings. The van der Waals surface area contributed by atoms with Crippen molar-refractivity contribution >= 4 is 11.7 Å². The van der Waals surface area contributed by atoms with Crippen LogP contribution in [0.25, 0.3) is 5.82 Å². The second kappa shape index (κ2) is 8.57. The molecule has 3 aromatic rings. The summed E-state index contributed by atoms with van der Waals surface area (Å²) in [4.78, 5) is 23.7. The van der Waals surface area contributed by atoms with Crippen molar-refractivity contribution in [2.75, 3.05) is 18.0 Å². The molecule has 1 amide bonds. The van der Waals surface area contributed by atoms with E-state index in [1.54, 1.807) is 11.0 Å². The van der Waals surface area contributed by atoms with E-state index in [-0.39, 0.29) is 11.8 Å². The van der Waals surface area contributed by atoms with Gasteiger partial charge >= 0.3 is 0 Å². The van der Waals surface area contributed by atoms with Crippen LogP contribution in [0.2, 0.25) is 0 Å². The lowest BCUT2D eigenvalue weighted by Crippen LogP contribution is -2.40. The molecule has 0 spiro atoms. The molecule has 28 heavy (non-hydrogen) atoms. The number of aromatic nitrogens is 5. The Hall–Kier alpha value is -3.33. The molecule has 1 aliphatic heterocycles. The molecular formula is C19H21N7O2. The van der Waals surface area contributed by atoms with E-state index in [4.69, 9.17) is 4.84 Å². The fourth-order valence-corrected chi connectivity index (χ4v) is 3.15. The largest absolute Gasteiger partial charge is 0.355 e. The van der Waals surface area contributed by atoms with Crippen molar-refractivity contribution in [1.29, 1.82) is 0 Å². The summed E-state index contributed by atoms with van der Waals surface area (Å²) in [6, 6.07) is 13.5. The maximum Gasteiger partial charge on any atom is 0.246 e. The van der Waals surface area contributed by atoms with Crippen LogP contribution < -0.4 is 10.4 Å². The molecule has 0 atom stereocenters. The molecule has 1 saturated heterocycles. The van der Waals surface area contributed by atoms with Crippen LogP contribution >= 0.6 is 0 Å². The average Bonchev–Trinajstić information content (AvgIpc) is 3.30. The smallest absolute Gasteiger partial charge is 0.246 e. The summed E-state index contributed by atoms with van der Waals surface area (Å²) >= 11 is 0. The van der Waals surface area contributed by atoms with E-state index in [9.17, 15) is 4.79 Å². The van der Waals surface area contributed by atoms with E-state index < -0.39 is 0 Å². The van der Waals surface area contributed by atoms with Crippen molar-refractivity contribution in [1.82, 2.24) is 30.4 Å². The molecule has 0 bridgehead atoms. The van der Waals surface area contributed by atoms with E-state index in [0.717, 1.165) is 37.3 Å². The fraction of sp³-hybridized carbons (Fsp3) is 0.316. The first kappa shape index (κ1) is 18.1. The highest BCUT2D eigenvalue weighted by atomic mass is 16.6. The van der Waals surface area contributed by atoms with Gasteiger partial charge in [-0.15, -0.1) is 10.2 Å². The van der Waals surface area contributed by atoms with Gasteiger partial charge in [0.1, 0.15) is 12.7 Å². The first-order valence-electron chi connectivity index (χ1n) is 9.19. The Morgan fingerprint density at radius 1 is 1.07 bits per heavy atom. The van der Waals surface area contributed by atoms with Gasteiger partial charge in [0.2, 0.25) is 5.91 Å². The predicted octanol–water partition coefficient (Wildman–Crippen LogP) is 1.52. The van der Waals surface area contributed by atoms with Gasteiger partial charge in [0, 0.05) is 19.0 Å². The molecule has 2 aromatic heterocycles. The predicted molar refractivity (Wildman–Crippen MR) is 101 cm³/mol. The summed E-state index contributed by atoms with van der Waals surface area (Å²) in [7, 11) is 0. The molecule has 9 nitrogen and oxygen atoms in total. The molecule has 9 heteroatoms. The summed E-state index contributed by atoms with van der Waals surface area (Å²) in [6.45, 7) is 1.85.